The number of nitrogens with one attached hydrogen (secondary N) is 1. The van der Waals surface area contributed by atoms with Crippen molar-refractivity contribution >= 4 is 29.3 Å². The van der Waals surface area contributed by atoms with Crippen LogP contribution in [0.4, 0.5) is 11.8 Å². The first-order chi connectivity index (χ1) is 15.2. The lowest BCUT2D eigenvalue weighted by Crippen LogP contribution is -2.48. The highest BCUT2D eigenvalue weighted by Crippen LogP contribution is 2.30. The third kappa shape index (κ3) is 6.09. The summed E-state index contributed by atoms with van der Waals surface area (Å²) >= 11 is 6.33. The van der Waals surface area contributed by atoms with Gasteiger partial charge in [0.05, 0.1) is 18.8 Å². The van der Waals surface area contributed by atoms with E-state index in [4.69, 9.17) is 17.3 Å². The Bertz CT molecular complexity index is 910. The largest absolute Gasteiger partial charge is 0.395 e. The van der Waals surface area contributed by atoms with E-state index < -0.39 is 0 Å². The highest BCUT2D eigenvalue weighted by molar-refractivity contribution is 6.32. The molecule has 1 aromatic heterocycles. The summed E-state index contributed by atoms with van der Waals surface area (Å²) in [6, 6.07) is 7.62. The Balaban J connectivity index is 1.76. The van der Waals surface area contributed by atoms with E-state index in [0.29, 0.717) is 29.5 Å². The molecule has 1 saturated carbocycles. The number of nitrogens with zero attached hydrogens (tertiary/aromatic N) is 4. The quantitative estimate of drug-likeness (QED) is 0.518. The number of nitrogen functional groups attached to an aromatic ring is 1. The smallest absolute Gasteiger partial charge is 0.269 e. The summed E-state index contributed by atoms with van der Waals surface area (Å²) in [6.45, 7) is 7.74. The number of aliphatic hydroxyl groups excluding tert-OH is 1. The van der Waals surface area contributed by atoms with Crippen molar-refractivity contribution in [2.24, 2.45) is 0 Å². The average Bonchev–Trinajstić information content (AvgIpc) is 3.28. The van der Waals surface area contributed by atoms with Crippen molar-refractivity contribution in [3.63, 3.8) is 0 Å². The van der Waals surface area contributed by atoms with Gasteiger partial charge in [-0.25, -0.2) is 4.98 Å². The first-order valence-electron chi connectivity index (χ1n) is 11.0. The summed E-state index contributed by atoms with van der Waals surface area (Å²) in [7, 11) is 0. The summed E-state index contributed by atoms with van der Waals surface area (Å²) in [5, 5.41) is 11.5. The third-order valence-electron chi connectivity index (χ3n) is 5.79. The lowest BCUT2D eigenvalue weighted by molar-refractivity contribution is 0.0942. The number of carbonyl (C=O) groups is 1. The van der Waals surface area contributed by atoms with Crippen molar-refractivity contribution in [1.82, 2.24) is 20.3 Å². The van der Waals surface area contributed by atoms with Crippen molar-refractivity contribution in [3.05, 3.63) is 46.6 Å². The van der Waals surface area contributed by atoms with Crippen molar-refractivity contribution < 1.29 is 9.90 Å². The van der Waals surface area contributed by atoms with Crippen LogP contribution in [0.1, 0.15) is 62.4 Å². The number of halogens is 1. The number of β-amino-alcohol motifs (C(OH)–C–C–N with tert-alkyl or cyclic N) is 1. The van der Waals surface area contributed by atoms with Crippen LogP contribution in [0.2, 0.25) is 5.02 Å². The molecule has 8 nitrogen and oxygen atoms in total. The number of hydrazine groups is 1. The Morgan fingerprint density at radius 2 is 1.91 bits per heavy atom. The molecule has 1 heterocycles. The molecule has 9 heteroatoms. The number of anilines is 2. The molecule has 0 saturated heterocycles. The molecule has 1 amide bonds. The van der Waals surface area contributed by atoms with Crippen LogP contribution in [-0.2, 0) is 6.54 Å². The fourth-order valence-corrected chi connectivity index (χ4v) is 4.13. The first kappa shape index (κ1) is 24.2. The minimum Gasteiger partial charge on any atom is -0.395 e. The molecular weight excluding hydrogens is 428 g/mol. The van der Waals surface area contributed by atoms with Gasteiger partial charge in [-0.3, -0.25) is 20.1 Å². The molecule has 0 atom stereocenters. The molecule has 0 radical (unpaired) electrons. The number of carbonyl (C=O) groups excluding carboxylic acids is 1. The van der Waals surface area contributed by atoms with Crippen LogP contribution in [0.3, 0.4) is 0 Å². The highest BCUT2D eigenvalue weighted by atomic mass is 35.5. The second-order valence-corrected chi connectivity index (χ2v) is 9.57. The van der Waals surface area contributed by atoms with E-state index in [0.717, 1.165) is 31.2 Å². The molecule has 0 aliphatic heterocycles. The van der Waals surface area contributed by atoms with Crippen LogP contribution >= 0.6 is 11.6 Å². The number of hydrogen-bond donors (Lipinski definition) is 3. The number of hydrogen-bond acceptors (Lipinski definition) is 7. The van der Waals surface area contributed by atoms with Gasteiger partial charge in [0.15, 0.2) is 5.82 Å². The second kappa shape index (κ2) is 10.5. The van der Waals surface area contributed by atoms with E-state index in [2.05, 4.69) is 41.1 Å². The monoisotopic (exact) mass is 460 g/mol. The number of amides is 1. The van der Waals surface area contributed by atoms with Gasteiger partial charge in [-0.05, 0) is 51.3 Å². The normalized spacial score (nSPS) is 14.7. The Labute approximate surface area is 194 Å². The molecule has 32 heavy (non-hydrogen) atoms. The number of benzene rings is 1. The molecule has 2 aromatic rings. The van der Waals surface area contributed by atoms with Gasteiger partial charge in [-0.15, -0.1) is 0 Å². The van der Waals surface area contributed by atoms with Gasteiger partial charge < -0.3 is 10.8 Å². The van der Waals surface area contributed by atoms with Crippen LogP contribution in [0.15, 0.2) is 30.5 Å². The Kier molecular flexibility index (Phi) is 7.92. The van der Waals surface area contributed by atoms with Crippen LogP contribution in [0.25, 0.3) is 0 Å². The Morgan fingerprint density at radius 1 is 1.25 bits per heavy atom. The SMILES string of the molecule is CC(C)(C)N(CCO)Cc1ccc(C(=O)NN(c2nc(N)ncc2Cl)C2CCCC2)cc1. The van der Waals surface area contributed by atoms with E-state index in [1.54, 1.807) is 5.01 Å². The van der Waals surface area contributed by atoms with E-state index in [9.17, 15) is 9.90 Å². The maximum atomic E-state index is 13.1. The van der Waals surface area contributed by atoms with Gasteiger partial charge in [0.2, 0.25) is 5.95 Å². The van der Waals surface area contributed by atoms with Gasteiger partial charge in [-0.1, -0.05) is 36.6 Å². The number of aliphatic hydroxyl groups is 1. The molecule has 1 aliphatic carbocycles. The standard InChI is InChI=1S/C23H33ClN6O2/c1-23(2,3)29(12-13-31)15-16-8-10-17(11-9-16)21(32)28-30(18-6-4-5-7-18)20-19(24)14-26-22(25)27-20/h8-11,14,18,31H,4-7,12-13,15H2,1-3H3,(H,28,32)(H2,25,26,27). The lowest BCUT2D eigenvalue weighted by Gasteiger charge is -2.35. The van der Waals surface area contributed by atoms with Crippen LogP contribution in [0, 0.1) is 0 Å². The minimum atomic E-state index is -0.236. The maximum absolute atomic E-state index is 13.1. The highest BCUT2D eigenvalue weighted by Gasteiger charge is 2.28. The van der Waals surface area contributed by atoms with Crippen LogP contribution in [0.5, 0.6) is 0 Å². The van der Waals surface area contributed by atoms with E-state index in [-0.39, 0.29) is 30.0 Å². The van der Waals surface area contributed by atoms with E-state index in [1.165, 1.54) is 6.20 Å². The molecule has 174 valence electrons. The summed E-state index contributed by atoms with van der Waals surface area (Å²) in [5.74, 6) is 0.290. The first-order valence-corrected chi connectivity index (χ1v) is 11.4. The molecule has 0 spiro atoms. The predicted octanol–water partition coefficient (Wildman–Crippen LogP) is 3.40. The zero-order valence-electron chi connectivity index (χ0n) is 19.0. The summed E-state index contributed by atoms with van der Waals surface area (Å²) in [6.07, 6.45) is 5.50. The van der Waals surface area contributed by atoms with Gasteiger partial charge in [-0.2, -0.15) is 4.98 Å². The third-order valence-corrected chi connectivity index (χ3v) is 6.06. The average molecular weight is 461 g/mol. The Hall–Kier alpha value is -2.42. The van der Waals surface area contributed by atoms with E-state index >= 15 is 0 Å². The molecule has 1 fully saturated rings. The van der Waals surface area contributed by atoms with Crippen LogP contribution < -0.4 is 16.2 Å². The molecule has 3 rings (SSSR count). The zero-order chi connectivity index (χ0) is 23.3. The van der Waals surface area contributed by atoms with Crippen molar-refractivity contribution in [1.29, 1.82) is 0 Å². The minimum absolute atomic E-state index is 0.0702. The van der Waals surface area contributed by atoms with Gasteiger partial charge in [0.1, 0.15) is 5.02 Å². The van der Waals surface area contributed by atoms with Crippen LogP contribution in [-0.4, -0.2) is 50.6 Å². The predicted molar refractivity (Wildman–Crippen MR) is 127 cm³/mol. The van der Waals surface area contributed by atoms with Crippen molar-refractivity contribution in [2.45, 2.75) is 64.6 Å². The fraction of sp³-hybridized carbons (Fsp3) is 0.522. The summed E-state index contributed by atoms with van der Waals surface area (Å²) in [5.41, 5.74) is 10.3. The van der Waals surface area contributed by atoms with Gasteiger partial charge in [0, 0.05) is 24.2 Å². The summed E-state index contributed by atoms with van der Waals surface area (Å²) in [4.78, 5) is 23.5. The molecule has 0 bridgehead atoms. The number of nitrogens with two attached hydrogens (primary N) is 1. The fourth-order valence-electron chi connectivity index (χ4n) is 3.95. The van der Waals surface area contributed by atoms with Gasteiger partial charge >= 0.3 is 0 Å². The van der Waals surface area contributed by atoms with Gasteiger partial charge in [0.25, 0.3) is 5.91 Å². The topological polar surface area (TPSA) is 108 Å². The maximum Gasteiger partial charge on any atom is 0.269 e. The second-order valence-electron chi connectivity index (χ2n) is 9.16. The Morgan fingerprint density at radius 3 is 2.50 bits per heavy atom. The molecule has 1 aliphatic rings. The molecular formula is C23H33ClN6O2. The lowest BCUT2D eigenvalue weighted by atomic mass is 10.0. The van der Waals surface area contributed by atoms with E-state index in [1.807, 2.05) is 24.3 Å². The number of aromatic nitrogens is 2. The number of rotatable bonds is 8. The molecule has 4 N–H and O–H groups in total. The molecule has 0 unspecified atom stereocenters. The molecule has 1 aromatic carbocycles. The van der Waals surface area contributed by atoms with Crippen molar-refractivity contribution in [2.75, 3.05) is 23.9 Å². The zero-order valence-corrected chi connectivity index (χ0v) is 19.8. The van der Waals surface area contributed by atoms with Crippen molar-refractivity contribution in [3.8, 4) is 0 Å². The summed E-state index contributed by atoms with van der Waals surface area (Å²) < 4.78 is 0.